The third kappa shape index (κ3) is 4.41. The van der Waals surface area contributed by atoms with Crippen LogP contribution in [0.3, 0.4) is 0 Å². The summed E-state index contributed by atoms with van der Waals surface area (Å²) in [6.45, 7) is 3.98. The van der Waals surface area contributed by atoms with Gasteiger partial charge in [0, 0.05) is 28.5 Å². The lowest BCUT2D eigenvalue weighted by molar-refractivity contribution is 0.102. The van der Waals surface area contributed by atoms with E-state index in [0.717, 1.165) is 11.1 Å². The number of amides is 1. The van der Waals surface area contributed by atoms with Crippen LogP contribution in [0, 0.1) is 6.92 Å². The fourth-order valence-electron chi connectivity index (χ4n) is 2.62. The summed E-state index contributed by atoms with van der Waals surface area (Å²) < 4.78 is 0. The monoisotopic (exact) mass is 365 g/mol. The number of carbonyl (C=O) groups is 1. The molecule has 1 unspecified atom stereocenters. The van der Waals surface area contributed by atoms with Gasteiger partial charge in [0.1, 0.15) is 5.82 Å². The molecule has 1 amide bonds. The van der Waals surface area contributed by atoms with E-state index >= 15 is 0 Å². The first-order chi connectivity index (χ1) is 12.5. The van der Waals surface area contributed by atoms with Gasteiger partial charge in [-0.15, -0.1) is 0 Å². The number of aryl methyl sites for hydroxylation is 1. The third-order valence-electron chi connectivity index (χ3n) is 4.13. The molecule has 1 atom stereocenters. The smallest absolute Gasteiger partial charge is 0.255 e. The van der Waals surface area contributed by atoms with E-state index in [2.05, 4.69) is 34.7 Å². The average molecular weight is 366 g/mol. The van der Waals surface area contributed by atoms with Gasteiger partial charge in [-0.1, -0.05) is 48.0 Å². The van der Waals surface area contributed by atoms with Crippen LogP contribution in [0.15, 0.2) is 66.9 Å². The number of aromatic nitrogens is 1. The van der Waals surface area contributed by atoms with Gasteiger partial charge in [-0.05, 0) is 49.2 Å². The standard InChI is InChI=1S/C21H20ClN3O/c1-14-8-9-18(22)13-19(14)25-21(26)17-10-11-23-20(12-17)24-15(2)16-6-4-3-5-7-16/h3-13,15H,1-2H3,(H,23,24)(H,25,26). The quantitative estimate of drug-likeness (QED) is 0.630. The SMILES string of the molecule is Cc1ccc(Cl)cc1NC(=O)c1ccnc(NC(C)c2ccccc2)c1. The minimum atomic E-state index is -0.201. The van der Waals surface area contributed by atoms with Crippen LogP contribution in [0.2, 0.25) is 5.02 Å². The molecule has 132 valence electrons. The van der Waals surface area contributed by atoms with Crippen LogP contribution in [0.4, 0.5) is 11.5 Å². The van der Waals surface area contributed by atoms with Crippen LogP contribution < -0.4 is 10.6 Å². The van der Waals surface area contributed by atoms with E-state index < -0.39 is 0 Å². The van der Waals surface area contributed by atoms with Crippen molar-refractivity contribution < 1.29 is 4.79 Å². The van der Waals surface area contributed by atoms with E-state index in [-0.39, 0.29) is 11.9 Å². The number of rotatable bonds is 5. The Morgan fingerprint density at radius 1 is 1.08 bits per heavy atom. The first kappa shape index (κ1) is 18.0. The summed E-state index contributed by atoms with van der Waals surface area (Å²) in [5.74, 6) is 0.449. The third-order valence-corrected chi connectivity index (χ3v) is 4.37. The largest absolute Gasteiger partial charge is 0.364 e. The molecule has 0 spiro atoms. The number of benzene rings is 2. The van der Waals surface area contributed by atoms with Crippen molar-refractivity contribution in [1.29, 1.82) is 0 Å². The Morgan fingerprint density at radius 3 is 2.62 bits per heavy atom. The fourth-order valence-corrected chi connectivity index (χ4v) is 2.79. The van der Waals surface area contributed by atoms with Crippen LogP contribution >= 0.6 is 11.6 Å². The van der Waals surface area contributed by atoms with E-state index in [1.165, 1.54) is 0 Å². The van der Waals surface area contributed by atoms with E-state index in [1.54, 1.807) is 30.5 Å². The predicted octanol–water partition coefficient (Wildman–Crippen LogP) is 5.47. The molecule has 0 saturated carbocycles. The summed E-state index contributed by atoms with van der Waals surface area (Å²) in [4.78, 5) is 16.9. The number of carbonyl (C=O) groups excluding carboxylic acids is 1. The highest BCUT2D eigenvalue weighted by Crippen LogP contribution is 2.22. The number of pyridine rings is 1. The Labute approximate surface area is 158 Å². The number of hydrogen-bond acceptors (Lipinski definition) is 3. The minimum Gasteiger partial charge on any atom is -0.364 e. The molecule has 5 heteroatoms. The molecule has 0 aliphatic rings. The second kappa shape index (κ2) is 8.02. The molecule has 0 aliphatic carbocycles. The van der Waals surface area contributed by atoms with Crippen molar-refractivity contribution in [3.8, 4) is 0 Å². The van der Waals surface area contributed by atoms with Crippen molar-refractivity contribution in [2.45, 2.75) is 19.9 Å². The molecule has 1 aromatic heterocycles. The zero-order chi connectivity index (χ0) is 18.5. The highest BCUT2D eigenvalue weighted by Gasteiger charge is 2.11. The Bertz CT molecular complexity index is 912. The molecular weight excluding hydrogens is 346 g/mol. The molecule has 1 heterocycles. The zero-order valence-corrected chi connectivity index (χ0v) is 15.4. The molecule has 3 rings (SSSR count). The Hall–Kier alpha value is -2.85. The van der Waals surface area contributed by atoms with Crippen molar-refractivity contribution in [3.63, 3.8) is 0 Å². The van der Waals surface area contributed by atoms with Crippen molar-refractivity contribution in [2.24, 2.45) is 0 Å². The van der Waals surface area contributed by atoms with Crippen LogP contribution in [0.25, 0.3) is 0 Å². The van der Waals surface area contributed by atoms with Gasteiger partial charge in [0.15, 0.2) is 0 Å². The maximum atomic E-state index is 12.6. The van der Waals surface area contributed by atoms with Crippen molar-refractivity contribution >= 4 is 29.0 Å². The van der Waals surface area contributed by atoms with Gasteiger partial charge < -0.3 is 10.6 Å². The molecule has 2 aromatic carbocycles. The van der Waals surface area contributed by atoms with Crippen LogP contribution in [-0.4, -0.2) is 10.9 Å². The summed E-state index contributed by atoms with van der Waals surface area (Å²) in [6.07, 6.45) is 1.62. The Morgan fingerprint density at radius 2 is 1.85 bits per heavy atom. The maximum Gasteiger partial charge on any atom is 0.255 e. The highest BCUT2D eigenvalue weighted by atomic mass is 35.5. The minimum absolute atomic E-state index is 0.0807. The second-order valence-electron chi connectivity index (χ2n) is 6.12. The first-order valence-corrected chi connectivity index (χ1v) is 8.76. The summed E-state index contributed by atoms with van der Waals surface area (Å²) in [5, 5.41) is 6.81. The number of halogens is 1. The van der Waals surface area contributed by atoms with Gasteiger partial charge in [-0.2, -0.15) is 0 Å². The zero-order valence-electron chi connectivity index (χ0n) is 14.7. The van der Waals surface area contributed by atoms with E-state index in [1.807, 2.05) is 31.2 Å². The van der Waals surface area contributed by atoms with Gasteiger partial charge in [0.25, 0.3) is 5.91 Å². The molecule has 0 saturated heterocycles. The summed E-state index contributed by atoms with van der Waals surface area (Å²) in [6, 6.07) is 19.0. The van der Waals surface area contributed by atoms with E-state index in [4.69, 9.17) is 11.6 Å². The van der Waals surface area contributed by atoms with Crippen molar-refractivity contribution in [2.75, 3.05) is 10.6 Å². The number of nitrogens with zero attached hydrogens (tertiary/aromatic N) is 1. The van der Waals surface area contributed by atoms with Crippen LogP contribution in [-0.2, 0) is 0 Å². The summed E-state index contributed by atoms with van der Waals surface area (Å²) >= 11 is 6.02. The predicted molar refractivity (Wildman–Crippen MR) is 107 cm³/mol. The van der Waals surface area contributed by atoms with Crippen molar-refractivity contribution in [3.05, 3.63) is 88.6 Å². The summed E-state index contributed by atoms with van der Waals surface area (Å²) in [5.41, 5.74) is 3.33. The number of hydrogen-bond donors (Lipinski definition) is 2. The van der Waals surface area contributed by atoms with Gasteiger partial charge in [0.2, 0.25) is 0 Å². The lowest BCUT2D eigenvalue weighted by Crippen LogP contribution is -2.14. The molecule has 3 aromatic rings. The molecule has 0 aliphatic heterocycles. The Balaban J connectivity index is 1.74. The van der Waals surface area contributed by atoms with Gasteiger partial charge >= 0.3 is 0 Å². The molecule has 26 heavy (non-hydrogen) atoms. The second-order valence-corrected chi connectivity index (χ2v) is 6.56. The lowest BCUT2D eigenvalue weighted by atomic mass is 10.1. The summed E-state index contributed by atoms with van der Waals surface area (Å²) in [7, 11) is 0. The van der Waals surface area contributed by atoms with E-state index in [0.29, 0.717) is 22.1 Å². The molecule has 2 N–H and O–H groups in total. The molecule has 0 fully saturated rings. The first-order valence-electron chi connectivity index (χ1n) is 8.38. The molecule has 4 nitrogen and oxygen atoms in total. The topological polar surface area (TPSA) is 54.0 Å². The van der Waals surface area contributed by atoms with E-state index in [9.17, 15) is 4.79 Å². The molecule has 0 bridgehead atoms. The van der Waals surface area contributed by atoms with Gasteiger partial charge in [-0.3, -0.25) is 4.79 Å². The molecule has 0 radical (unpaired) electrons. The molecular formula is C21H20ClN3O. The normalized spacial score (nSPS) is 11.7. The lowest BCUT2D eigenvalue weighted by Gasteiger charge is -2.15. The van der Waals surface area contributed by atoms with Crippen LogP contribution in [0.1, 0.15) is 34.5 Å². The maximum absolute atomic E-state index is 12.6. The Kier molecular flexibility index (Phi) is 5.54. The van der Waals surface area contributed by atoms with Gasteiger partial charge in [0.05, 0.1) is 0 Å². The van der Waals surface area contributed by atoms with Crippen LogP contribution in [0.5, 0.6) is 0 Å². The average Bonchev–Trinajstić information content (AvgIpc) is 2.65. The highest BCUT2D eigenvalue weighted by molar-refractivity contribution is 6.31. The fraction of sp³-hybridized carbons (Fsp3) is 0.143. The number of nitrogens with one attached hydrogen (secondary N) is 2. The van der Waals surface area contributed by atoms with Gasteiger partial charge in [-0.25, -0.2) is 4.98 Å². The van der Waals surface area contributed by atoms with Crippen molar-refractivity contribution in [1.82, 2.24) is 4.98 Å². The number of anilines is 2.